The second-order valence-corrected chi connectivity index (χ2v) is 12.8. The van der Waals surface area contributed by atoms with Crippen LogP contribution < -0.4 is 40.7 Å². The van der Waals surface area contributed by atoms with Crippen LogP contribution in [0.25, 0.3) is 22.5 Å². The molecule has 2 aliphatic rings. The van der Waals surface area contributed by atoms with Crippen molar-refractivity contribution in [3.05, 3.63) is 141 Å². The van der Waals surface area contributed by atoms with Crippen LogP contribution in [0.2, 0.25) is 0 Å². The van der Waals surface area contributed by atoms with Crippen molar-refractivity contribution in [2.75, 3.05) is 51.2 Å². The smallest absolute Gasteiger partial charge is 0.272 e. The van der Waals surface area contributed by atoms with Gasteiger partial charge in [-0.3, -0.25) is 14.4 Å². The summed E-state index contributed by atoms with van der Waals surface area (Å²) in [5.74, 6) is 2.67. The average molecular weight is 726 g/mol. The Labute approximate surface area is 311 Å². The highest BCUT2D eigenvalue weighted by Crippen LogP contribution is 2.40. The van der Waals surface area contributed by atoms with Gasteiger partial charge in [0.25, 0.3) is 11.1 Å². The molecular weight excluding hydrogens is 686 g/mol. The molecule has 0 radical (unpaired) electrons. The highest BCUT2D eigenvalue weighted by molar-refractivity contribution is 5.78. The van der Waals surface area contributed by atoms with Crippen molar-refractivity contribution < 1.29 is 23.7 Å². The van der Waals surface area contributed by atoms with Gasteiger partial charge in [-0.2, -0.15) is 0 Å². The van der Waals surface area contributed by atoms with E-state index in [0.29, 0.717) is 83.4 Å². The minimum atomic E-state index is -0.270. The molecule has 0 saturated heterocycles. The molecule has 4 aromatic carbocycles. The Morgan fingerprint density at radius 3 is 1.63 bits per heavy atom. The highest BCUT2D eigenvalue weighted by Gasteiger charge is 2.19. The minimum absolute atomic E-state index is 0.190. The van der Waals surface area contributed by atoms with E-state index in [1.165, 1.54) is 5.56 Å². The first-order valence-electron chi connectivity index (χ1n) is 17.4. The molecule has 2 aliphatic heterocycles. The summed E-state index contributed by atoms with van der Waals surface area (Å²) < 4.78 is 22.7. The maximum atomic E-state index is 12.7. The van der Waals surface area contributed by atoms with E-state index in [4.69, 9.17) is 18.9 Å². The molecule has 0 bridgehead atoms. The molecule has 4 heterocycles. The first-order valence-corrected chi connectivity index (χ1v) is 17.4. The molecule has 54 heavy (non-hydrogen) atoms. The fourth-order valence-corrected chi connectivity index (χ4v) is 6.14. The molecular formula is C42H39N5O7. The van der Waals surface area contributed by atoms with E-state index in [0.717, 1.165) is 29.6 Å². The summed E-state index contributed by atoms with van der Waals surface area (Å²) in [5.41, 5.74) is 6.61. The number of anilines is 4. The van der Waals surface area contributed by atoms with Crippen LogP contribution in [0.1, 0.15) is 15.9 Å². The third-order valence-electron chi connectivity index (χ3n) is 8.54. The number of nitrogens with one attached hydrogen (secondary N) is 4. The monoisotopic (exact) mass is 725 g/mol. The van der Waals surface area contributed by atoms with E-state index in [2.05, 4.69) is 31.6 Å². The predicted octanol–water partition coefficient (Wildman–Crippen LogP) is 6.99. The van der Waals surface area contributed by atoms with Gasteiger partial charge in [-0.25, -0.2) is 0 Å². The number of carbonyl (C=O) groups is 1. The Morgan fingerprint density at radius 2 is 1.11 bits per heavy atom. The number of nitrogens with zero attached hydrogens (tertiary/aromatic N) is 1. The molecule has 8 rings (SSSR count). The molecule has 0 fully saturated rings. The zero-order valence-electron chi connectivity index (χ0n) is 29.8. The Bertz CT molecular complexity index is 2400. The van der Waals surface area contributed by atoms with Gasteiger partial charge >= 0.3 is 0 Å². The molecule has 0 aliphatic carbocycles. The van der Waals surface area contributed by atoms with Crippen LogP contribution in [-0.2, 0) is 6.54 Å². The summed E-state index contributed by atoms with van der Waals surface area (Å²) in [4.78, 5) is 43.9. The number of ether oxygens (including phenoxy) is 4. The lowest BCUT2D eigenvalue weighted by Gasteiger charge is -2.21. The molecule has 2 aromatic heterocycles. The summed E-state index contributed by atoms with van der Waals surface area (Å²) in [6.07, 6.45) is 0.763. The van der Waals surface area contributed by atoms with Gasteiger partial charge in [0, 0.05) is 34.6 Å². The quantitative estimate of drug-likeness (QED) is 0.115. The fraction of sp³-hybridized carbons (Fsp3) is 0.167. The van der Waals surface area contributed by atoms with E-state index in [1.54, 1.807) is 42.5 Å². The second kappa shape index (κ2) is 16.3. The molecule has 12 nitrogen and oxygen atoms in total. The highest BCUT2D eigenvalue weighted by atomic mass is 16.6. The normalized spacial score (nSPS) is 12.6. The topological polar surface area (TPSA) is 147 Å². The first kappa shape index (κ1) is 35.6. The zero-order valence-corrected chi connectivity index (χ0v) is 29.8. The lowest BCUT2D eigenvalue weighted by molar-refractivity contribution is 0.112. The Hall–Kier alpha value is -6.79. The number of carbonyl (C=O) groups excluding carboxylic acids is 1. The number of rotatable bonds is 9. The molecule has 0 saturated carbocycles. The van der Waals surface area contributed by atoms with Gasteiger partial charge in [-0.1, -0.05) is 36.4 Å². The van der Waals surface area contributed by atoms with Crippen molar-refractivity contribution in [2.45, 2.75) is 6.54 Å². The van der Waals surface area contributed by atoms with Crippen molar-refractivity contribution in [3.8, 4) is 45.5 Å². The number of pyridine rings is 2. The molecule has 0 unspecified atom stereocenters. The van der Waals surface area contributed by atoms with Crippen molar-refractivity contribution in [1.29, 1.82) is 0 Å². The third-order valence-corrected chi connectivity index (χ3v) is 8.54. The van der Waals surface area contributed by atoms with Gasteiger partial charge in [0.15, 0.2) is 23.0 Å². The van der Waals surface area contributed by atoms with Gasteiger partial charge in [0.05, 0.1) is 11.4 Å². The SMILES string of the molecule is CN(C)Cc1cccc(Nc2ccc(-c3cccc4c3OCCO4)[nH]c2=O)c1.O=Cc1cccc(Nc2ccc(-c3cccc4c3OCCO4)[nH]c2=O)c1. The van der Waals surface area contributed by atoms with Crippen LogP contribution in [0.3, 0.4) is 0 Å². The molecule has 0 spiro atoms. The summed E-state index contributed by atoms with van der Waals surface area (Å²) in [6, 6.07) is 33.4. The van der Waals surface area contributed by atoms with Crippen LogP contribution in [0, 0.1) is 0 Å². The van der Waals surface area contributed by atoms with Gasteiger partial charge in [-0.05, 0) is 92.5 Å². The van der Waals surface area contributed by atoms with E-state index in [9.17, 15) is 14.4 Å². The number of aromatic amines is 2. The summed E-state index contributed by atoms with van der Waals surface area (Å²) in [7, 11) is 4.06. The van der Waals surface area contributed by atoms with Crippen molar-refractivity contribution in [3.63, 3.8) is 0 Å². The number of H-pyrrole nitrogens is 2. The maximum Gasteiger partial charge on any atom is 0.272 e. The predicted molar refractivity (Wildman–Crippen MR) is 209 cm³/mol. The fourth-order valence-electron chi connectivity index (χ4n) is 6.14. The zero-order chi connectivity index (χ0) is 37.4. The molecule has 0 amide bonds. The van der Waals surface area contributed by atoms with Gasteiger partial charge in [0.1, 0.15) is 44.1 Å². The number of fused-ring (bicyclic) bond motifs is 2. The molecule has 4 N–H and O–H groups in total. The molecule has 6 aromatic rings. The Balaban J connectivity index is 0.000000167. The lowest BCUT2D eigenvalue weighted by atomic mass is 10.1. The molecule has 12 heteroatoms. The number of benzene rings is 4. The van der Waals surface area contributed by atoms with Gasteiger partial charge < -0.3 is 44.4 Å². The number of hydrogen-bond donors (Lipinski definition) is 4. The number of para-hydroxylation sites is 2. The van der Waals surface area contributed by atoms with Gasteiger partial charge in [0.2, 0.25) is 0 Å². The summed E-state index contributed by atoms with van der Waals surface area (Å²) >= 11 is 0. The minimum Gasteiger partial charge on any atom is -0.486 e. The van der Waals surface area contributed by atoms with Crippen molar-refractivity contribution >= 4 is 29.0 Å². The largest absolute Gasteiger partial charge is 0.486 e. The number of aldehydes is 1. The van der Waals surface area contributed by atoms with E-state index >= 15 is 0 Å². The molecule has 274 valence electrons. The number of hydrogen-bond acceptors (Lipinski definition) is 10. The average Bonchev–Trinajstić information content (AvgIpc) is 3.19. The second-order valence-electron chi connectivity index (χ2n) is 12.8. The first-order chi connectivity index (χ1) is 26.3. The summed E-state index contributed by atoms with van der Waals surface area (Å²) in [5, 5.41) is 6.24. The maximum absolute atomic E-state index is 12.7. The van der Waals surface area contributed by atoms with Gasteiger partial charge in [-0.15, -0.1) is 0 Å². The lowest BCUT2D eigenvalue weighted by Crippen LogP contribution is -2.17. The van der Waals surface area contributed by atoms with Crippen molar-refractivity contribution in [2.24, 2.45) is 0 Å². The Kier molecular flexibility index (Phi) is 10.7. The van der Waals surface area contributed by atoms with E-state index in [-0.39, 0.29) is 11.1 Å². The Morgan fingerprint density at radius 1 is 0.611 bits per heavy atom. The summed E-state index contributed by atoms with van der Waals surface area (Å²) in [6.45, 7) is 2.85. The van der Waals surface area contributed by atoms with E-state index in [1.807, 2.05) is 74.8 Å². The molecule has 0 atom stereocenters. The van der Waals surface area contributed by atoms with Crippen LogP contribution in [0.5, 0.6) is 23.0 Å². The standard InChI is InChI=1S/C22H23N3O3.C20H16N2O4/c1-25(2)14-15-5-3-6-16(13-15)23-19-10-9-18(24-22(19)26)17-7-4-8-20-21(17)28-12-11-27-20;23-12-13-3-1-4-14(11-13)21-17-8-7-16(22-20(17)24)15-5-2-6-18-19(15)26-10-9-25-18/h3-10,13,23H,11-12,14H2,1-2H3,(H,24,26);1-8,11-12,21H,9-10H2,(H,22,24). The number of aromatic nitrogens is 2. The van der Waals surface area contributed by atoms with Crippen molar-refractivity contribution in [1.82, 2.24) is 14.9 Å². The van der Waals surface area contributed by atoms with Crippen LogP contribution in [-0.4, -0.2) is 61.7 Å². The van der Waals surface area contributed by atoms with Crippen LogP contribution in [0.4, 0.5) is 22.7 Å². The van der Waals surface area contributed by atoms with E-state index < -0.39 is 0 Å². The third kappa shape index (κ3) is 8.30. The van der Waals surface area contributed by atoms with Crippen LogP contribution in [0.15, 0.2) is 119 Å². The van der Waals surface area contributed by atoms with Crippen LogP contribution >= 0.6 is 0 Å².